The summed E-state index contributed by atoms with van der Waals surface area (Å²) in [5, 5.41) is 25.8. The molecule has 0 unspecified atom stereocenters. The van der Waals surface area contributed by atoms with Gasteiger partial charge in [0, 0.05) is 37.3 Å². The Kier molecular flexibility index (Phi) is 4.72. The van der Waals surface area contributed by atoms with E-state index in [0.29, 0.717) is 0 Å². The summed E-state index contributed by atoms with van der Waals surface area (Å²) in [5.41, 5.74) is 0.755. The van der Waals surface area contributed by atoms with Crippen LogP contribution in [0, 0.1) is 11.3 Å². The van der Waals surface area contributed by atoms with Crippen LogP contribution >= 0.6 is 0 Å². The summed E-state index contributed by atoms with van der Waals surface area (Å²) in [4.78, 5) is 0. The van der Waals surface area contributed by atoms with Gasteiger partial charge in [0.05, 0.1) is 6.07 Å². The minimum absolute atomic E-state index is 0.230. The molecule has 6 heteroatoms. The number of aromatic nitrogens is 4. The Morgan fingerprint density at radius 2 is 1.57 bits per heavy atom. The molecule has 1 N–H and O–H groups in total. The van der Waals surface area contributed by atoms with Crippen LogP contribution in [0.1, 0.15) is 18.7 Å². The van der Waals surface area contributed by atoms with Crippen molar-refractivity contribution in [1.29, 1.82) is 5.26 Å². The second-order valence-corrected chi connectivity index (χ2v) is 4.13. The second-order valence-electron chi connectivity index (χ2n) is 4.13. The topological polar surface area (TPSA) is 79.7 Å². The first-order valence-corrected chi connectivity index (χ1v) is 6.35. The molecule has 0 fully saturated rings. The average Bonchev–Trinajstić information content (AvgIpc) is 3.16. The van der Waals surface area contributed by atoms with Gasteiger partial charge in [-0.3, -0.25) is 0 Å². The zero-order valence-electron chi connectivity index (χ0n) is 11.5. The lowest BCUT2D eigenvalue weighted by atomic mass is 10.1. The van der Waals surface area contributed by atoms with Gasteiger partial charge in [-0.2, -0.15) is 15.5 Å². The van der Waals surface area contributed by atoms with Crippen LogP contribution in [0.3, 0.4) is 0 Å². The van der Waals surface area contributed by atoms with E-state index in [1.807, 2.05) is 36.7 Å². The highest BCUT2D eigenvalue weighted by atomic mass is 16.3. The predicted octanol–water partition coefficient (Wildman–Crippen LogP) is 2.41. The largest absolute Gasteiger partial charge is 0.508 e. The van der Waals surface area contributed by atoms with E-state index < -0.39 is 0 Å². The van der Waals surface area contributed by atoms with Crippen LogP contribution in [-0.2, 0) is 0 Å². The van der Waals surface area contributed by atoms with Gasteiger partial charge >= 0.3 is 0 Å². The zero-order chi connectivity index (χ0) is 15.1. The van der Waals surface area contributed by atoms with E-state index in [1.165, 1.54) is 6.92 Å². The molecule has 2 heterocycles. The van der Waals surface area contributed by atoms with Gasteiger partial charge in [0.2, 0.25) is 0 Å². The van der Waals surface area contributed by atoms with Crippen LogP contribution in [0.15, 0.2) is 61.2 Å². The summed E-state index contributed by atoms with van der Waals surface area (Å²) >= 11 is 0. The number of para-hydroxylation sites is 1. The molecule has 0 spiro atoms. The molecule has 3 rings (SSSR count). The Labute approximate surface area is 122 Å². The molecule has 6 nitrogen and oxygen atoms in total. The minimum Gasteiger partial charge on any atom is -0.508 e. The second kappa shape index (κ2) is 6.91. The van der Waals surface area contributed by atoms with E-state index in [1.54, 1.807) is 40.0 Å². The van der Waals surface area contributed by atoms with E-state index in [4.69, 9.17) is 5.26 Å². The Morgan fingerprint density at radius 1 is 1.05 bits per heavy atom. The van der Waals surface area contributed by atoms with Gasteiger partial charge in [0.1, 0.15) is 5.75 Å². The molecule has 3 aromatic rings. The molecular formula is C15H15N5O. The van der Waals surface area contributed by atoms with Crippen molar-refractivity contribution in [2.75, 3.05) is 0 Å². The van der Waals surface area contributed by atoms with Crippen LogP contribution in [0.2, 0.25) is 0 Å². The van der Waals surface area contributed by atoms with Crippen molar-refractivity contribution >= 4 is 0 Å². The number of aromatic hydroxyl groups is 1. The Bertz CT molecular complexity index is 664. The molecule has 0 aliphatic carbocycles. The van der Waals surface area contributed by atoms with Crippen molar-refractivity contribution in [2.45, 2.75) is 13.1 Å². The van der Waals surface area contributed by atoms with Crippen molar-refractivity contribution in [1.82, 2.24) is 19.6 Å². The molecule has 0 aliphatic heterocycles. The van der Waals surface area contributed by atoms with Gasteiger partial charge in [-0.25, -0.2) is 9.36 Å². The summed E-state index contributed by atoms with van der Waals surface area (Å²) in [6.45, 7) is 1.43. The number of benzene rings is 1. The Hall–Kier alpha value is -3.07. The quantitative estimate of drug-likeness (QED) is 0.799. The molecule has 1 aromatic carbocycles. The average molecular weight is 281 g/mol. The highest BCUT2D eigenvalue weighted by Gasteiger charge is 2.19. The van der Waals surface area contributed by atoms with Crippen molar-refractivity contribution < 1.29 is 5.11 Å². The van der Waals surface area contributed by atoms with Gasteiger partial charge in [-0.1, -0.05) is 18.2 Å². The third kappa shape index (κ3) is 3.28. The molecule has 0 saturated heterocycles. The van der Waals surface area contributed by atoms with Gasteiger partial charge in [0.25, 0.3) is 0 Å². The van der Waals surface area contributed by atoms with Gasteiger partial charge in [0.15, 0.2) is 6.17 Å². The summed E-state index contributed by atoms with van der Waals surface area (Å²) < 4.78 is 3.50. The van der Waals surface area contributed by atoms with Crippen LogP contribution in [0.25, 0.3) is 0 Å². The molecule has 0 saturated carbocycles. The molecule has 106 valence electrons. The number of nitriles is 1. The van der Waals surface area contributed by atoms with Crippen LogP contribution in [-0.4, -0.2) is 24.7 Å². The number of hydrogen-bond acceptors (Lipinski definition) is 4. The van der Waals surface area contributed by atoms with E-state index in [9.17, 15) is 5.11 Å². The standard InChI is InChI=1S/C13H12N4O.C2H3N/c18-12-6-2-1-5-11(12)13(16-9-3-7-14-16)17-10-4-8-15-17;1-2-3/h1-10,13,18H;1H3. The molecular weight excluding hydrogens is 266 g/mol. The highest BCUT2D eigenvalue weighted by molar-refractivity contribution is 5.34. The van der Waals surface area contributed by atoms with E-state index in [2.05, 4.69) is 10.2 Å². The number of hydrogen-bond donors (Lipinski definition) is 1. The minimum atomic E-state index is -0.281. The van der Waals surface area contributed by atoms with Crippen molar-refractivity contribution in [3.8, 4) is 11.8 Å². The van der Waals surface area contributed by atoms with E-state index >= 15 is 0 Å². The van der Waals surface area contributed by atoms with E-state index in [0.717, 1.165) is 5.56 Å². The maximum absolute atomic E-state index is 10.00. The lowest BCUT2D eigenvalue weighted by Gasteiger charge is -2.19. The first-order valence-electron chi connectivity index (χ1n) is 6.35. The molecule has 0 radical (unpaired) electrons. The molecule has 0 aliphatic rings. The third-order valence-electron chi connectivity index (χ3n) is 2.77. The number of nitrogens with zero attached hydrogens (tertiary/aromatic N) is 5. The Morgan fingerprint density at radius 3 is 2.00 bits per heavy atom. The van der Waals surface area contributed by atoms with Gasteiger partial charge < -0.3 is 5.11 Å². The monoisotopic (exact) mass is 281 g/mol. The van der Waals surface area contributed by atoms with Gasteiger partial charge in [-0.05, 0) is 18.2 Å². The summed E-state index contributed by atoms with van der Waals surface area (Å²) in [6, 6.07) is 12.6. The van der Waals surface area contributed by atoms with Crippen molar-refractivity contribution in [3.05, 3.63) is 66.7 Å². The maximum Gasteiger partial charge on any atom is 0.172 e. The number of phenolic OH excluding ortho intramolecular Hbond substituents is 1. The van der Waals surface area contributed by atoms with Crippen LogP contribution in [0.4, 0.5) is 0 Å². The third-order valence-corrected chi connectivity index (χ3v) is 2.77. The summed E-state index contributed by atoms with van der Waals surface area (Å²) in [6.07, 6.45) is 6.82. The maximum atomic E-state index is 10.00. The molecule has 21 heavy (non-hydrogen) atoms. The number of rotatable bonds is 3. The van der Waals surface area contributed by atoms with E-state index in [-0.39, 0.29) is 11.9 Å². The molecule has 0 amide bonds. The fourth-order valence-electron chi connectivity index (χ4n) is 1.96. The fourth-order valence-corrected chi connectivity index (χ4v) is 1.96. The normalized spacial score (nSPS) is 9.76. The highest BCUT2D eigenvalue weighted by Crippen LogP contribution is 2.27. The lowest BCUT2D eigenvalue weighted by Crippen LogP contribution is -2.20. The van der Waals surface area contributed by atoms with Crippen molar-refractivity contribution in [3.63, 3.8) is 0 Å². The van der Waals surface area contributed by atoms with Gasteiger partial charge in [-0.15, -0.1) is 0 Å². The van der Waals surface area contributed by atoms with Crippen LogP contribution < -0.4 is 0 Å². The first-order chi connectivity index (χ1) is 10.3. The Balaban J connectivity index is 0.000000497. The molecule has 0 bridgehead atoms. The van der Waals surface area contributed by atoms with Crippen LogP contribution in [0.5, 0.6) is 5.75 Å². The first kappa shape index (κ1) is 14.3. The smallest absolute Gasteiger partial charge is 0.172 e. The summed E-state index contributed by atoms with van der Waals surface area (Å²) in [7, 11) is 0. The SMILES string of the molecule is CC#N.Oc1ccccc1C(n1cccn1)n1cccn1. The number of phenols is 1. The van der Waals surface area contributed by atoms with Crippen molar-refractivity contribution in [2.24, 2.45) is 0 Å². The molecule has 2 aromatic heterocycles. The lowest BCUT2D eigenvalue weighted by molar-refractivity contribution is 0.391. The summed E-state index contributed by atoms with van der Waals surface area (Å²) in [5.74, 6) is 0.230. The zero-order valence-corrected chi connectivity index (χ0v) is 11.5. The molecule has 0 atom stereocenters. The fraction of sp³-hybridized carbons (Fsp3) is 0.133. The predicted molar refractivity (Wildman–Crippen MR) is 77.4 cm³/mol.